The fourth-order valence-electron chi connectivity index (χ4n) is 1.37. The van der Waals surface area contributed by atoms with E-state index < -0.39 is 0 Å². The van der Waals surface area contributed by atoms with E-state index in [0.717, 1.165) is 25.1 Å². The van der Waals surface area contributed by atoms with Gasteiger partial charge in [0.1, 0.15) is 18.2 Å². The minimum Gasteiger partial charge on any atom is -0.371 e. The number of nitrogens with zero attached hydrogens (tertiary/aromatic N) is 2. The van der Waals surface area contributed by atoms with E-state index in [1.165, 1.54) is 0 Å². The van der Waals surface area contributed by atoms with Gasteiger partial charge in [-0.3, -0.25) is 0 Å². The number of carbonyl (C=O) groups is 1. The average Bonchev–Trinajstić information content (AvgIpc) is 2.65. The number of hydrogen-bond donors (Lipinski definition) is 0. The summed E-state index contributed by atoms with van der Waals surface area (Å²) in [6.45, 7) is 5.40. The van der Waals surface area contributed by atoms with Crippen molar-refractivity contribution in [3.05, 3.63) is 18.2 Å². The molecule has 0 aliphatic carbocycles. The van der Waals surface area contributed by atoms with Gasteiger partial charge in [0.25, 0.3) is 0 Å². The molecule has 0 aliphatic rings. The highest BCUT2D eigenvalue weighted by molar-refractivity contribution is 5.55. The Kier molecular flexibility index (Phi) is 5.04. The van der Waals surface area contributed by atoms with Crippen molar-refractivity contribution in [3.8, 4) is 0 Å². The molecule has 15 heavy (non-hydrogen) atoms. The number of aryl methyl sites for hydroxylation is 2. The Morgan fingerprint density at radius 3 is 3.00 bits per heavy atom. The maximum Gasteiger partial charge on any atom is 0.148 e. The van der Waals surface area contributed by atoms with Crippen molar-refractivity contribution >= 4 is 6.29 Å². The Bertz CT molecular complexity index is 297. The standard InChI is InChI=1S/C11H18N2O2/c1-3-8-15-11(9-14)4-6-13-7-5-12-10(13)2/h5,7,9,11H,3-4,6,8H2,1-2H3. The largest absolute Gasteiger partial charge is 0.371 e. The number of aldehydes is 1. The first-order chi connectivity index (χ1) is 7.27. The number of ether oxygens (including phenoxy) is 1. The van der Waals surface area contributed by atoms with Crippen LogP contribution in [0.15, 0.2) is 12.4 Å². The van der Waals surface area contributed by atoms with Gasteiger partial charge in [0.2, 0.25) is 0 Å². The highest BCUT2D eigenvalue weighted by atomic mass is 16.5. The number of aromatic nitrogens is 2. The molecule has 0 amide bonds. The molecule has 1 heterocycles. The van der Waals surface area contributed by atoms with Crippen molar-refractivity contribution in [1.82, 2.24) is 9.55 Å². The van der Waals surface area contributed by atoms with Gasteiger partial charge in [-0.15, -0.1) is 0 Å². The second kappa shape index (κ2) is 6.35. The van der Waals surface area contributed by atoms with Crippen LogP contribution in [0.4, 0.5) is 0 Å². The lowest BCUT2D eigenvalue weighted by atomic mass is 10.2. The molecule has 0 N–H and O–H groups in total. The smallest absolute Gasteiger partial charge is 0.148 e. The molecule has 4 heteroatoms. The van der Waals surface area contributed by atoms with E-state index in [4.69, 9.17) is 4.74 Å². The summed E-state index contributed by atoms with van der Waals surface area (Å²) < 4.78 is 7.40. The van der Waals surface area contributed by atoms with Gasteiger partial charge >= 0.3 is 0 Å². The van der Waals surface area contributed by atoms with Crippen molar-refractivity contribution in [2.24, 2.45) is 0 Å². The molecule has 0 saturated heterocycles. The van der Waals surface area contributed by atoms with Crippen molar-refractivity contribution in [2.45, 2.75) is 39.3 Å². The summed E-state index contributed by atoms with van der Waals surface area (Å²) in [5.41, 5.74) is 0. The number of rotatable bonds is 7. The minimum atomic E-state index is -0.285. The highest BCUT2D eigenvalue weighted by Crippen LogP contribution is 2.02. The Labute approximate surface area is 90.3 Å². The molecular weight excluding hydrogens is 192 g/mol. The van der Waals surface area contributed by atoms with Crippen LogP contribution in [-0.4, -0.2) is 28.5 Å². The van der Waals surface area contributed by atoms with Crippen LogP contribution >= 0.6 is 0 Å². The topological polar surface area (TPSA) is 44.1 Å². The van der Waals surface area contributed by atoms with Gasteiger partial charge in [0.05, 0.1) is 0 Å². The maximum absolute atomic E-state index is 10.7. The van der Waals surface area contributed by atoms with Gasteiger partial charge in [-0.1, -0.05) is 6.92 Å². The maximum atomic E-state index is 10.7. The summed E-state index contributed by atoms with van der Waals surface area (Å²) in [5, 5.41) is 0. The zero-order valence-electron chi connectivity index (χ0n) is 9.35. The second-order valence-corrected chi connectivity index (χ2v) is 3.50. The quantitative estimate of drug-likeness (QED) is 0.642. The van der Waals surface area contributed by atoms with Gasteiger partial charge in [0, 0.05) is 25.5 Å². The third-order valence-electron chi connectivity index (χ3n) is 2.27. The molecule has 1 atom stereocenters. The van der Waals surface area contributed by atoms with Gasteiger partial charge < -0.3 is 14.1 Å². The summed E-state index contributed by atoms with van der Waals surface area (Å²) in [6.07, 6.45) is 5.92. The molecule has 1 unspecified atom stereocenters. The third kappa shape index (κ3) is 3.83. The van der Waals surface area contributed by atoms with E-state index in [1.54, 1.807) is 6.20 Å². The Hall–Kier alpha value is -1.16. The number of imidazole rings is 1. The molecule has 0 spiro atoms. The summed E-state index contributed by atoms with van der Waals surface area (Å²) >= 11 is 0. The monoisotopic (exact) mass is 210 g/mol. The third-order valence-corrected chi connectivity index (χ3v) is 2.27. The van der Waals surface area contributed by atoms with E-state index in [1.807, 2.05) is 24.6 Å². The van der Waals surface area contributed by atoms with Crippen molar-refractivity contribution in [2.75, 3.05) is 6.61 Å². The van der Waals surface area contributed by atoms with Crippen molar-refractivity contribution in [1.29, 1.82) is 0 Å². The molecule has 4 nitrogen and oxygen atoms in total. The number of carbonyl (C=O) groups excluding carboxylic acids is 1. The fourth-order valence-corrected chi connectivity index (χ4v) is 1.37. The molecular formula is C11H18N2O2. The highest BCUT2D eigenvalue weighted by Gasteiger charge is 2.07. The molecule has 0 aliphatic heterocycles. The van der Waals surface area contributed by atoms with Crippen LogP contribution in [0.2, 0.25) is 0 Å². The van der Waals surface area contributed by atoms with Crippen LogP contribution < -0.4 is 0 Å². The van der Waals surface area contributed by atoms with Crippen LogP contribution in [0.1, 0.15) is 25.6 Å². The minimum absolute atomic E-state index is 0.285. The SMILES string of the molecule is CCCOC(C=O)CCn1ccnc1C. The van der Waals surface area contributed by atoms with Crippen molar-refractivity contribution < 1.29 is 9.53 Å². The molecule has 84 valence electrons. The summed E-state index contributed by atoms with van der Waals surface area (Å²) in [6, 6.07) is 0. The van der Waals surface area contributed by atoms with E-state index in [-0.39, 0.29) is 6.10 Å². The molecule has 0 radical (unpaired) electrons. The van der Waals surface area contributed by atoms with Crippen LogP contribution in [0, 0.1) is 6.92 Å². The molecule has 0 fully saturated rings. The van der Waals surface area contributed by atoms with Crippen LogP contribution in [0.25, 0.3) is 0 Å². The zero-order valence-corrected chi connectivity index (χ0v) is 9.35. The lowest BCUT2D eigenvalue weighted by molar-refractivity contribution is -0.118. The molecule has 1 aromatic heterocycles. The zero-order chi connectivity index (χ0) is 11.1. The normalized spacial score (nSPS) is 12.7. The van der Waals surface area contributed by atoms with Crippen molar-refractivity contribution in [3.63, 3.8) is 0 Å². The predicted molar refractivity (Wildman–Crippen MR) is 57.7 cm³/mol. The Morgan fingerprint density at radius 1 is 1.67 bits per heavy atom. The Morgan fingerprint density at radius 2 is 2.47 bits per heavy atom. The van der Waals surface area contributed by atoms with Gasteiger partial charge in [-0.25, -0.2) is 4.98 Å². The van der Waals surface area contributed by atoms with E-state index >= 15 is 0 Å². The van der Waals surface area contributed by atoms with E-state index in [9.17, 15) is 4.79 Å². The van der Waals surface area contributed by atoms with Crippen LogP contribution in [0.3, 0.4) is 0 Å². The summed E-state index contributed by atoms with van der Waals surface area (Å²) in [5.74, 6) is 0.968. The average molecular weight is 210 g/mol. The van der Waals surface area contributed by atoms with Crippen LogP contribution in [0.5, 0.6) is 0 Å². The van der Waals surface area contributed by atoms with E-state index in [2.05, 4.69) is 4.98 Å². The molecule has 1 aromatic rings. The summed E-state index contributed by atoms with van der Waals surface area (Å²) in [4.78, 5) is 14.8. The molecule has 0 aromatic carbocycles. The lowest BCUT2D eigenvalue weighted by Gasteiger charge is -2.12. The Balaban J connectivity index is 2.34. The summed E-state index contributed by atoms with van der Waals surface area (Å²) in [7, 11) is 0. The van der Waals surface area contributed by atoms with Gasteiger partial charge in [-0.05, 0) is 19.8 Å². The molecule has 0 bridgehead atoms. The first-order valence-corrected chi connectivity index (χ1v) is 5.32. The van der Waals surface area contributed by atoms with Crippen LogP contribution in [-0.2, 0) is 16.1 Å². The van der Waals surface area contributed by atoms with Gasteiger partial charge in [-0.2, -0.15) is 0 Å². The first kappa shape index (κ1) is 11.9. The predicted octanol–water partition coefficient (Wildman–Crippen LogP) is 1.58. The molecule has 1 rings (SSSR count). The van der Waals surface area contributed by atoms with E-state index in [0.29, 0.717) is 13.0 Å². The fraction of sp³-hybridized carbons (Fsp3) is 0.636. The lowest BCUT2D eigenvalue weighted by Crippen LogP contribution is -2.18. The second-order valence-electron chi connectivity index (χ2n) is 3.50. The van der Waals surface area contributed by atoms with Gasteiger partial charge in [0.15, 0.2) is 0 Å². The number of hydrogen-bond acceptors (Lipinski definition) is 3. The first-order valence-electron chi connectivity index (χ1n) is 5.32. The molecule has 0 saturated carbocycles.